The van der Waals surface area contributed by atoms with Crippen LogP contribution < -0.4 is 5.32 Å². The van der Waals surface area contributed by atoms with Crippen molar-refractivity contribution in [3.05, 3.63) is 0 Å². The van der Waals surface area contributed by atoms with Crippen LogP contribution in [0.5, 0.6) is 0 Å². The second kappa shape index (κ2) is 3.15. The number of nitrogens with zero attached hydrogens (tertiary/aromatic N) is 1. The second-order valence-corrected chi connectivity index (χ2v) is 4.10. The number of carbonyl (C=O) groups excluding carboxylic acids is 2. The number of hydrogen-bond acceptors (Lipinski definition) is 3. The Morgan fingerprint density at radius 2 is 2.43 bits per heavy atom. The summed E-state index contributed by atoms with van der Waals surface area (Å²) in [5.41, 5.74) is -0.0225. The molecule has 5 nitrogen and oxygen atoms in total. The van der Waals surface area contributed by atoms with Crippen LogP contribution in [0.15, 0.2) is 0 Å². The van der Waals surface area contributed by atoms with E-state index >= 15 is 0 Å². The molecule has 2 saturated heterocycles. The average molecular weight is 198 g/mol. The fourth-order valence-corrected chi connectivity index (χ4v) is 2.26. The van der Waals surface area contributed by atoms with Gasteiger partial charge in [-0.3, -0.25) is 4.79 Å². The maximum atomic E-state index is 11.2. The predicted octanol–water partition coefficient (Wildman–Crippen LogP) is -0.0352. The molecule has 0 aromatic rings. The first kappa shape index (κ1) is 9.30. The Bertz CT molecular complexity index is 279. The Hall–Kier alpha value is -1.26. The number of hydrogen-bond donors (Lipinski definition) is 1. The SMILES string of the molecule is COC(=O)N1CCC2(CNC(=O)C2)C1. The van der Waals surface area contributed by atoms with Gasteiger partial charge in [0.2, 0.25) is 5.91 Å². The molecule has 5 heteroatoms. The van der Waals surface area contributed by atoms with Gasteiger partial charge in [-0.15, -0.1) is 0 Å². The fourth-order valence-electron chi connectivity index (χ4n) is 2.26. The minimum Gasteiger partial charge on any atom is -0.453 e. The zero-order valence-corrected chi connectivity index (χ0v) is 8.21. The summed E-state index contributed by atoms with van der Waals surface area (Å²) in [6.45, 7) is 2.03. The van der Waals surface area contributed by atoms with Crippen LogP contribution in [0, 0.1) is 5.41 Å². The van der Waals surface area contributed by atoms with Crippen LogP contribution in [-0.2, 0) is 9.53 Å². The van der Waals surface area contributed by atoms with Gasteiger partial charge in [0, 0.05) is 31.5 Å². The van der Waals surface area contributed by atoms with Crippen molar-refractivity contribution in [3.63, 3.8) is 0 Å². The number of carbonyl (C=O) groups is 2. The standard InChI is InChI=1S/C9H14N2O3/c1-14-8(13)11-3-2-9(6-11)4-7(12)10-5-9/h2-6H2,1H3,(H,10,12). The normalized spacial score (nSPS) is 30.9. The van der Waals surface area contributed by atoms with E-state index in [9.17, 15) is 9.59 Å². The molecule has 1 atom stereocenters. The molecule has 0 radical (unpaired) electrons. The first-order chi connectivity index (χ1) is 6.65. The van der Waals surface area contributed by atoms with Crippen LogP contribution in [0.25, 0.3) is 0 Å². The molecule has 78 valence electrons. The highest BCUT2D eigenvalue weighted by atomic mass is 16.5. The summed E-state index contributed by atoms with van der Waals surface area (Å²) < 4.78 is 4.65. The van der Waals surface area contributed by atoms with Crippen molar-refractivity contribution in [3.8, 4) is 0 Å². The molecule has 2 amide bonds. The molecule has 2 aliphatic rings. The summed E-state index contributed by atoms with van der Waals surface area (Å²) in [7, 11) is 1.38. The first-order valence-corrected chi connectivity index (χ1v) is 4.75. The topological polar surface area (TPSA) is 58.6 Å². The monoisotopic (exact) mass is 198 g/mol. The highest BCUT2D eigenvalue weighted by Gasteiger charge is 2.45. The van der Waals surface area contributed by atoms with E-state index in [1.807, 2.05) is 0 Å². The zero-order valence-electron chi connectivity index (χ0n) is 8.21. The number of nitrogens with one attached hydrogen (secondary N) is 1. The molecule has 1 spiro atoms. The van der Waals surface area contributed by atoms with Gasteiger partial charge in [-0.05, 0) is 6.42 Å². The van der Waals surface area contributed by atoms with E-state index in [1.165, 1.54) is 7.11 Å². The van der Waals surface area contributed by atoms with Gasteiger partial charge in [0.1, 0.15) is 0 Å². The Balaban J connectivity index is 2.00. The molecule has 2 rings (SSSR count). The molecule has 1 N–H and O–H groups in total. The van der Waals surface area contributed by atoms with Crippen molar-refractivity contribution in [1.29, 1.82) is 0 Å². The van der Waals surface area contributed by atoms with Gasteiger partial charge in [-0.1, -0.05) is 0 Å². The summed E-state index contributed by atoms with van der Waals surface area (Å²) in [4.78, 5) is 24.0. The largest absolute Gasteiger partial charge is 0.453 e. The van der Waals surface area contributed by atoms with Crippen LogP contribution in [-0.4, -0.2) is 43.6 Å². The van der Waals surface area contributed by atoms with E-state index in [0.717, 1.165) is 6.42 Å². The summed E-state index contributed by atoms with van der Waals surface area (Å²) in [6, 6.07) is 0. The van der Waals surface area contributed by atoms with Crippen LogP contribution in [0.2, 0.25) is 0 Å². The van der Waals surface area contributed by atoms with Crippen molar-refractivity contribution >= 4 is 12.0 Å². The lowest BCUT2D eigenvalue weighted by molar-refractivity contribution is -0.119. The summed E-state index contributed by atoms with van der Waals surface area (Å²) >= 11 is 0. The lowest BCUT2D eigenvalue weighted by atomic mass is 9.86. The van der Waals surface area contributed by atoms with E-state index in [2.05, 4.69) is 10.1 Å². The third kappa shape index (κ3) is 1.42. The van der Waals surface area contributed by atoms with Gasteiger partial charge in [-0.2, -0.15) is 0 Å². The second-order valence-electron chi connectivity index (χ2n) is 4.10. The summed E-state index contributed by atoms with van der Waals surface area (Å²) in [5, 5.41) is 2.81. The molecule has 2 fully saturated rings. The third-order valence-corrected chi connectivity index (χ3v) is 3.07. The van der Waals surface area contributed by atoms with Crippen molar-refractivity contribution in [2.45, 2.75) is 12.8 Å². The molecule has 0 bridgehead atoms. The highest BCUT2D eigenvalue weighted by Crippen LogP contribution is 2.36. The van der Waals surface area contributed by atoms with E-state index in [0.29, 0.717) is 26.1 Å². The minimum atomic E-state index is -0.291. The summed E-state index contributed by atoms with van der Waals surface area (Å²) in [6.07, 6.45) is 1.14. The van der Waals surface area contributed by atoms with Crippen molar-refractivity contribution < 1.29 is 14.3 Å². The molecule has 2 heterocycles. The van der Waals surface area contributed by atoms with E-state index in [-0.39, 0.29) is 17.4 Å². The van der Waals surface area contributed by atoms with Crippen LogP contribution >= 0.6 is 0 Å². The van der Waals surface area contributed by atoms with Gasteiger partial charge < -0.3 is 15.0 Å². The van der Waals surface area contributed by atoms with Crippen LogP contribution in [0.3, 0.4) is 0 Å². The molecule has 2 aliphatic heterocycles. The smallest absolute Gasteiger partial charge is 0.409 e. The van der Waals surface area contributed by atoms with Gasteiger partial charge in [0.15, 0.2) is 0 Å². The van der Waals surface area contributed by atoms with Crippen molar-refractivity contribution in [2.24, 2.45) is 5.41 Å². The van der Waals surface area contributed by atoms with Gasteiger partial charge in [-0.25, -0.2) is 4.79 Å². The van der Waals surface area contributed by atoms with Crippen molar-refractivity contribution in [1.82, 2.24) is 10.2 Å². The Labute approximate surface area is 82.4 Å². The Kier molecular flexibility index (Phi) is 2.09. The lowest BCUT2D eigenvalue weighted by Crippen LogP contribution is -2.33. The maximum absolute atomic E-state index is 11.2. The molecule has 0 aliphatic carbocycles. The number of rotatable bonds is 0. The molecular weight excluding hydrogens is 184 g/mol. The zero-order chi connectivity index (χ0) is 10.2. The molecule has 0 aromatic heterocycles. The van der Waals surface area contributed by atoms with Gasteiger partial charge >= 0.3 is 6.09 Å². The summed E-state index contributed by atoms with van der Waals surface area (Å²) in [5.74, 6) is 0.0942. The van der Waals surface area contributed by atoms with E-state index < -0.39 is 0 Å². The average Bonchev–Trinajstić information content (AvgIpc) is 2.74. The molecule has 0 aromatic carbocycles. The van der Waals surface area contributed by atoms with Gasteiger partial charge in [0.25, 0.3) is 0 Å². The van der Waals surface area contributed by atoms with Crippen LogP contribution in [0.1, 0.15) is 12.8 Å². The predicted molar refractivity (Wildman–Crippen MR) is 48.7 cm³/mol. The molecule has 14 heavy (non-hydrogen) atoms. The fraction of sp³-hybridized carbons (Fsp3) is 0.778. The number of amides is 2. The lowest BCUT2D eigenvalue weighted by Gasteiger charge is -2.20. The quantitative estimate of drug-likeness (QED) is 0.594. The maximum Gasteiger partial charge on any atom is 0.409 e. The first-order valence-electron chi connectivity index (χ1n) is 4.75. The minimum absolute atomic E-state index is 0.0225. The molecule has 0 saturated carbocycles. The highest BCUT2D eigenvalue weighted by molar-refractivity contribution is 5.79. The third-order valence-electron chi connectivity index (χ3n) is 3.07. The Morgan fingerprint density at radius 3 is 3.00 bits per heavy atom. The van der Waals surface area contributed by atoms with E-state index in [1.54, 1.807) is 4.90 Å². The van der Waals surface area contributed by atoms with Crippen molar-refractivity contribution in [2.75, 3.05) is 26.7 Å². The number of ether oxygens (including phenoxy) is 1. The van der Waals surface area contributed by atoms with E-state index in [4.69, 9.17) is 0 Å². The van der Waals surface area contributed by atoms with Gasteiger partial charge in [0.05, 0.1) is 7.11 Å². The van der Waals surface area contributed by atoms with Crippen LogP contribution in [0.4, 0.5) is 4.79 Å². The number of methoxy groups -OCH3 is 1. The number of likely N-dealkylation sites (tertiary alicyclic amines) is 1. The molecule has 1 unspecified atom stereocenters. The molecular formula is C9H14N2O3. The Morgan fingerprint density at radius 1 is 1.64 bits per heavy atom.